The number of nitrogens with one attached hydrogen (secondary N) is 1. The van der Waals surface area contributed by atoms with Crippen LogP contribution in [0.4, 0.5) is 0 Å². The van der Waals surface area contributed by atoms with Gasteiger partial charge in [-0.3, -0.25) is 0 Å². The fourth-order valence-electron chi connectivity index (χ4n) is 1.31. The van der Waals surface area contributed by atoms with Gasteiger partial charge in [-0.05, 0) is 32.4 Å². The van der Waals surface area contributed by atoms with Crippen molar-refractivity contribution in [3.63, 3.8) is 0 Å². The van der Waals surface area contributed by atoms with E-state index in [-0.39, 0.29) is 0 Å². The van der Waals surface area contributed by atoms with Crippen LogP contribution in [0.1, 0.15) is 33.6 Å². The molecule has 74 valence electrons. The van der Waals surface area contributed by atoms with Crippen molar-refractivity contribution in [2.24, 2.45) is 5.92 Å². The second-order valence-corrected chi connectivity index (χ2v) is 3.36. The molecule has 2 unspecified atom stereocenters. The van der Waals surface area contributed by atoms with E-state index < -0.39 is 0 Å². The van der Waals surface area contributed by atoms with Gasteiger partial charge >= 0.3 is 0 Å². The SMILES string of the molecule is CCNCC(CC)CC(C)OC. The lowest BCUT2D eigenvalue weighted by Crippen LogP contribution is -2.25. The van der Waals surface area contributed by atoms with Crippen molar-refractivity contribution >= 4 is 0 Å². The first-order valence-electron chi connectivity index (χ1n) is 4.98. The summed E-state index contributed by atoms with van der Waals surface area (Å²) in [6, 6.07) is 0. The van der Waals surface area contributed by atoms with Crippen LogP contribution in [0.3, 0.4) is 0 Å². The number of ether oxygens (including phenoxy) is 1. The highest BCUT2D eigenvalue weighted by Crippen LogP contribution is 2.11. The van der Waals surface area contributed by atoms with Crippen LogP contribution in [0, 0.1) is 5.92 Å². The van der Waals surface area contributed by atoms with Gasteiger partial charge in [0.1, 0.15) is 0 Å². The second-order valence-electron chi connectivity index (χ2n) is 3.36. The Hall–Kier alpha value is -0.0800. The van der Waals surface area contributed by atoms with Gasteiger partial charge in [0.2, 0.25) is 0 Å². The van der Waals surface area contributed by atoms with E-state index >= 15 is 0 Å². The zero-order chi connectivity index (χ0) is 9.40. The minimum atomic E-state index is 0.397. The van der Waals surface area contributed by atoms with Gasteiger partial charge < -0.3 is 10.1 Å². The zero-order valence-electron chi connectivity index (χ0n) is 8.89. The summed E-state index contributed by atoms with van der Waals surface area (Å²) in [6.07, 6.45) is 2.80. The largest absolute Gasteiger partial charge is 0.382 e. The van der Waals surface area contributed by atoms with Gasteiger partial charge in [-0.1, -0.05) is 20.3 Å². The Morgan fingerprint density at radius 3 is 2.42 bits per heavy atom. The Kier molecular flexibility index (Phi) is 7.51. The molecule has 2 heteroatoms. The molecule has 0 aliphatic rings. The highest BCUT2D eigenvalue weighted by molar-refractivity contribution is 4.63. The minimum Gasteiger partial charge on any atom is -0.382 e. The molecule has 2 atom stereocenters. The molecular weight excluding hydrogens is 150 g/mol. The number of rotatable bonds is 7. The van der Waals surface area contributed by atoms with Crippen LogP contribution in [-0.4, -0.2) is 26.3 Å². The monoisotopic (exact) mass is 173 g/mol. The normalized spacial score (nSPS) is 16.0. The fourth-order valence-corrected chi connectivity index (χ4v) is 1.31. The van der Waals surface area contributed by atoms with Crippen LogP contribution < -0.4 is 5.32 Å². The van der Waals surface area contributed by atoms with Crippen molar-refractivity contribution in [2.45, 2.75) is 39.7 Å². The molecular formula is C10H23NO. The molecule has 0 aromatic carbocycles. The van der Waals surface area contributed by atoms with Crippen LogP contribution >= 0.6 is 0 Å². The summed E-state index contributed by atoms with van der Waals surface area (Å²) in [7, 11) is 1.78. The highest BCUT2D eigenvalue weighted by atomic mass is 16.5. The van der Waals surface area contributed by atoms with Gasteiger partial charge in [-0.2, -0.15) is 0 Å². The number of hydrogen-bond acceptors (Lipinski definition) is 2. The molecule has 2 nitrogen and oxygen atoms in total. The Bertz CT molecular complexity index is 95.8. The first-order valence-corrected chi connectivity index (χ1v) is 4.98. The Morgan fingerprint density at radius 2 is 2.00 bits per heavy atom. The topological polar surface area (TPSA) is 21.3 Å². The summed E-state index contributed by atoms with van der Waals surface area (Å²) in [4.78, 5) is 0. The third-order valence-corrected chi connectivity index (χ3v) is 2.33. The molecule has 12 heavy (non-hydrogen) atoms. The van der Waals surface area contributed by atoms with Gasteiger partial charge in [0.05, 0.1) is 6.10 Å². The number of hydrogen-bond donors (Lipinski definition) is 1. The summed E-state index contributed by atoms with van der Waals surface area (Å²) >= 11 is 0. The molecule has 0 fully saturated rings. The second kappa shape index (κ2) is 7.56. The molecule has 0 aliphatic carbocycles. The van der Waals surface area contributed by atoms with E-state index in [2.05, 4.69) is 26.1 Å². The third-order valence-electron chi connectivity index (χ3n) is 2.33. The molecule has 0 aliphatic heterocycles. The van der Waals surface area contributed by atoms with Crippen molar-refractivity contribution < 1.29 is 4.74 Å². The summed E-state index contributed by atoms with van der Waals surface area (Å²) in [6.45, 7) is 8.71. The molecule has 1 N–H and O–H groups in total. The van der Waals surface area contributed by atoms with Gasteiger partial charge in [-0.15, -0.1) is 0 Å². The predicted molar refractivity (Wildman–Crippen MR) is 53.4 cm³/mol. The number of methoxy groups -OCH3 is 1. The summed E-state index contributed by atoms with van der Waals surface area (Å²) < 4.78 is 5.23. The lowest BCUT2D eigenvalue weighted by molar-refractivity contribution is 0.0940. The van der Waals surface area contributed by atoms with E-state index in [1.807, 2.05) is 0 Å². The van der Waals surface area contributed by atoms with E-state index in [0.717, 1.165) is 19.0 Å². The van der Waals surface area contributed by atoms with E-state index in [0.29, 0.717) is 6.10 Å². The Balaban J connectivity index is 3.51. The molecule has 0 radical (unpaired) electrons. The van der Waals surface area contributed by atoms with Crippen LogP contribution in [0.2, 0.25) is 0 Å². The quantitative estimate of drug-likeness (QED) is 0.636. The van der Waals surface area contributed by atoms with Crippen LogP contribution in [0.15, 0.2) is 0 Å². The molecule has 0 saturated carbocycles. The summed E-state index contributed by atoms with van der Waals surface area (Å²) in [5.41, 5.74) is 0. The molecule has 0 amide bonds. The van der Waals surface area contributed by atoms with E-state index in [9.17, 15) is 0 Å². The van der Waals surface area contributed by atoms with Crippen LogP contribution in [0.25, 0.3) is 0 Å². The van der Waals surface area contributed by atoms with Crippen molar-refractivity contribution in [3.8, 4) is 0 Å². The van der Waals surface area contributed by atoms with Crippen molar-refractivity contribution in [1.82, 2.24) is 5.32 Å². The maximum atomic E-state index is 5.23. The molecule has 0 aromatic rings. The van der Waals surface area contributed by atoms with Crippen LogP contribution in [0.5, 0.6) is 0 Å². The zero-order valence-corrected chi connectivity index (χ0v) is 8.89. The van der Waals surface area contributed by atoms with E-state index in [4.69, 9.17) is 4.74 Å². The van der Waals surface area contributed by atoms with Crippen molar-refractivity contribution in [3.05, 3.63) is 0 Å². The Morgan fingerprint density at radius 1 is 1.33 bits per heavy atom. The molecule has 0 heterocycles. The lowest BCUT2D eigenvalue weighted by Gasteiger charge is -2.18. The minimum absolute atomic E-state index is 0.397. The van der Waals surface area contributed by atoms with Gasteiger partial charge in [0.25, 0.3) is 0 Å². The van der Waals surface area contributed by atoms with E-state index in [1.165, 1.54) is 12.8 Å². The van der Waals surface area contributed by atoms with Crippen molar-refractivity contribution in [2.75, 3.05) is 20.2 Å². The molecule has 0 rings (SSSR count). The summed E-state index contributed by atoms with van der Waals surface area (Å²) in [5, 5.41) is 3.37. The first-order chi connectivity index (χ1) is 5.74. The average Bonchev–Trinajstić information content (AvgIpc) is 2.11. The van der Waals surface area contributed by atoms with E-state index in [1.54, 1.807) is 7.11 Å². The lowest BCUT2D eigenvalue weighted by atomic mass is 9.99. The van der Waals surface area contributed by atoms with Crippen LogP contribution in [-0.2, 0) is 4.74 Å². The summed E-state index contributed by atoms with van der Waals surface area (Å²) in [5.74, 6) is 0.764. The Labute approximate surface area is 76.7 Å². The van der Waals surface area contributed by atoms with Gasteiger partial charge in [0.15, 0.2) is 0 Å². The maximum absolute atomic E-state index is 5.23. The highest BCUT2D eigenvalue weighted by Gasteiger charge is 2.09. The third kappa shape index (κ3) is 5.56. The fraction of sp³-hybridized carbons (Fsp3) is 1.00. The van der Waals surface area contributed by atoms with Crippen molar-refractivity contribution in [1.29, 1.82) is 0 Å². The molecule has 0 bridgehead atoms. The maximum Gasteiger partial charge on any atom is 0.0546 e. The smallest absolute Gasteiger partial charge is 0.0546 e. The molecule has 0 aromatic heterocycles. The molecule has 0 spiro atoms. The standard InChI is InChI=1S/C10H23NO/c1-5-10(8-11-6-2)7-9(3)12-4/h9-11H,5-8H2,1-4H3. The average molecular weight is 173 g/mol. The van der Waals surface area contributed by atoms with Gasteiger partial charge in [-0.25, -0.2) is 0 Å². The van der Waals surface area contributed by atoms with Gasteiger partial charge in [0, 0.05) is 7.11 Å². The predicted octanol–water partition coefficient (Wildman–Crippen LogP) is 2.05. The first kappa shape index (κ1) is 11.9. The molecule has 0 saturated heterocycles.